The first-order valence-electron chi connectivity index (χ1n) is 9.59. The predicted molar refractivity (Wildman–Crippen MR) is 104 cm³/mol. The number of hydrogen-bond donors (Lipinski definition) is 0. The smallest absolute Gasteiger partial charge is 0.310 e. The number of benzene rings is 1. The van der Waals surface area contributed by atoms with Gasteiger partial charge in [-0.1, -0.05) is 6.07 Å². The zero-order valence-corrected chi connectivity index (χ0v) is 16.5. The molecule has 1 aromatic carbocycles. The van der Waals surface area contributed by atoms with E-state index in [-0.39, 0.29) is 30.8 Å². The van der Waals surface area contributed by atoms with Gasteiger partial charge in [-0.3, -0.25) is 14.5 Å². The number of amides is 1. The highest BCUT2D eigenvalue weighted by atomic mass is 16.5. The third kappa shape index (κ3) is 5.80. The molecular formula is C21H29N3O3. The van der Waals surface area contributed by atoms with Crippen LogP contribution in [-0.4, -0.2) is 49.6 Å². The summed E-state index contributed by atoms with van der Waals surface area (Å²) < 4.78 is 5.13. The van der Waals surface area contributed by atoms with Gasteiger partial charge >= 0.3 is 5.97 Å². The van der Waals surface area contributed by atoms with E-state index in [0.717, 1.165) is 30.6 Å². The second kappa shape index (κ2) is 10.1. The van der Waals surface area contributed by atoms with Crippen LogP contribution in [0, 0.1) is 31.1 Å². The van der Waals surface area contributed by atoms with Gasteiger partial charge < -0.3 is 9.64 Å². The van der Waals surface area contributed by atoms with Crippen molar-refractivity contribution in [3.05, 3.63) is 29.3 Å². The summed E-state index contributed by atoms with van der Waals surface area (Å²) in [6, 6.07) is 8.03. The maximum atomic E-state index is 13.0. The van der Waals surface area contributed by atoms with Crippen LogP contribution in [0.5, 0.6) is 0 Å². The van der Waals surface area contributed by atoms with Gasteiger partial charge in [-0.05, 0) is 63.4 Å². The summed E-state index contributed by atoms with van der Waals surface area (Å²) in [5.41, 5.74) is 3.10. The molecule has 1 saturated heterocycles. The van der Waals surface area contributed by atoms with Gasteiger partial charge in [0, 0.05) is 18.8 Å². The van der Waals surface area contributed by atoms with Crippen molar-refractivity contribution in [2.75, 3.05) is 37.7 Å². The number of carbonyl (C=O) groups is 2. The van der Waals surface area contributed by atoms with Crippen LogP contribution in [0.4, 0.5) is 5.69 Å². The highest BCUT2D eigenvalue weighted by Crippen LogP contribution is 2.21. The van der Waals surface area contributed by atoms with E-state index >= 15 is 0 Å². The quantitative estimate of drug-likeness (QED) is 0.689. The van der Waals surface area contributed by atoms with E-state index in [0.29, 0.717) is 19.7 Å². The molecule has 1 aliphatic rings. The Hall–Kier alpha value is -2.39. The molecule has 1 aromatic rings. The number of likely N-dealkylation sites (tertiary alicyclic amines) is 1. The molecule has 1 heterocycles. The van der Waals surface area contributed by atoms with Crippen molar-refractivity contribution in [1.82, 2.24) is 4.90 Å². The van der Waals surface area contributed by atoms with Crippen LogP contribution < -0.4 is 4.90 Å². The number of nitriles is 1. The molecule has 1 aliphatic heterocycles. The number of anilines is 1. The molecule has 0 spiro atoms. The van der Waals surface area contributed by atoms with Crippen LogP contribution in [0.1, 0.15) is 37.3 Å². The maximum absolute atomic E-state index is 13.0. The van der Waals surface area contributed by atoms with Crippen molar-refractivity contribution >= 4 is 17.6 Å². The number of piperidine rings is 1. The molecule has 2 rings (SSSR count). The Morgan fingerprint density at radius 2 is 2.11 bits per heavy atom. The van der Waals surface area contributed by atoms with E-state index in [4.69, 9.17) is 10.00 Å². The summed E-state index contributed by atoms with van der Waals surface area (Å²) in [6.07, 6.45) is 1.96. The molecule has 1 fully saturated rings. The van der Waals surface area contributed by atoms with Crippen LogP contribution in [0.3, 0.4) is 0 Å². The average molecular weight is 371 g/mol. The van der Waals surface area contributed by atoms with Gasteiger partial charge in [0.15, 0.2) is 0 Å². The summed E-state index contributed by atoms with van der Waals surface area (Å²) in [4.78, 5) is 28.7. The van der Waals surface area contributed by atoms with Crippen molar-refractivity contribution in [1.29, 1.82) is 5.26 Å². The lowest BCUT2D eigenvalue weighted by Gasteiger charge is -2.32. The van der Waals surface area contributed by atoms with Gasteiger partial charge in [-0.25, -0.2) is 0 Å². The molecule has 0 bridgehead atoms. The lowest BCUT2D eigenvalue weighted by molar-refractivity contribution is -0.150. The van der Waals surface area contributed by atoms with Crippen LogP contribution in [0.15, 0.2) is 18.2 Å². The highest BCUT2D eigenvalue weighted by molar-refractivity contribution is 5.95. The summed E-state index contributed by atoms with van der Waals surface area (Å²) >= 11 is 0. The summed E-state index contributed by atoms with van der Waals surface area (Å²) in [5, 5.41) is 8.96. The zero-order valence-electron chi connectivity index (χ0n) is 16.5. The maximum Gasteiger partial charge on any atom is 0.310 e. The number of hydrogen-bond acceptors (Lipinski definition) is 5. The van der Waals surface area contributed by atoms with E-state index in [1.54, 1.807) is 11.8 Å². The van der Waals surface area contributed by atoms with Crippen molar-refractivity contribution in [2.45, 2.75) is 40.0 Å². The fraction of sp³-hybridized carbons (Fsp3) is 0.571. The van der Waals surface area contributed by atoms with Crippen LogP contribution in [0.2, 0.25) is 0 Å². The number of rotatable bonds is 7. The summed E-state index contributed by atoms with van der Waals surface area (Å²) in [6.45, 7) is 8.18. The molecule has 6 heteroatoms. The minimum absolute atomic E-state index is 0.0435. The second-order valence-electron chi connectivity index (χ2n) is 7.05. The molecule has 0 saturated carbocycles. The molecule has 0 aromatic heterocycles. The van der Waals surface area contributed by atoms with E-state index in [1.165, 1.54) is 5.56 Å². The largest absolute Gasteiger partial charge is 0.466 e. The van der Waals surface area contributed by atoms with Gasteiger partial charge in [0.1, 0.15) is 0 Å². The molecule has 6 nitrogen and oxygen atoms in total. The minimum atomic E-state index is -0.176. The Bertz CT molecular complexity index is 711. The molecule has 1 atom stereocenters. The zero-order chi connectivity index (χ0) is 19.8. The average Bonchev–Trinajstić information content (AvgIpc) is 2.65. The highest BCUT2D eigenvalue weighted by Gasteiger charge is 2.29. The lowest BCUT2D eigenvalue weighted by Crippen LogP contribution is -2.46. The first-order valence-corrected chi connectivity index (χ1v) is 9.59. The second-order valence-corrected chi connectivity index (χ2v) is 7.05. The molecule has 146 valence electrons. The molecule has 0 N–H and O–H groups in total. The van der Waals surface area contributed by atoms with E-state index in [2.05, 4.69) is 6.07 Å². The van der Waals surface area contributed by atoms with Gasteiger partial charge in [0.2, 0.25) is 5.91 Å². The Morgan fingerprint density at radius 3 is 2.78 bits per heavy atom. The predicted octanol–water partition coefficient (Wildman–Crippen LogP) is 2.83. The fourth-order valence-corrected chi connectivity index (χ4v) is 3.38. The van der Waals surface area contributed by atoms with Gasteiger partial charge in [0.05, 0.1) is 31.6 Å². The molecular weight excluding hydrogens is 342 g/mol. The first-order chi connectivity index (χ1) is 13.0. The van der Waals surface area contributed by atoms with Crippen LogP contribution in [-0.2, 0) is 14.3 Å². The van der Waals surface area contributed by atoms with Crippen molar-refractivity contribution in [3.63, 3.8) is 0 Å². The van der Waals surface area contributed by atoms with Crippen molar-refractivity contribution < 1.29 is 14.3 Å². The Labute approximate surface area is 161 Å². The molecule has 0 aliphatic carbocycles. The lowest BCUT2D eigenvalue weighted by atomic mass is 9.98. The van der Waals surface area contributed by atoms with Gasteiger partial charge in [-0.2, -0.15) is 5.26 Å². The Kier molecular flexibility index (Phi) is 7.81. The standard InChI is InChI=1S/C21H29N3O3/c1-4-27-21(26)18-7-5-11-23(14-18)15-20(25)24(12-6-10-22)19-9-8-16(2)17(3)13-19/h8-9,13,18H,4-7,11-12,14-15H2,1-3H3. The number of ether oxygens (including phenoxy) is 1. The summed E-state index contributed by atoms with van der Waals surface area (Å²) in [5.74, 6) is -0.385. The topological polar surface area (TPSA) is 73.6 Å². The van der Waals surface area contributed by atoms with Crippen molar-refractivity contribution in [2.24, 2.45) is 5.92 Å². The fourth-order valence-electron chi connectivity index (χ4n) is 3.38. The number of esters is 1. The van der Waals surface area contributed by atoms with Gasteiger partial charge in [-0.15, -0.1) is 0 Å². The normalized spacial score (nSPS) is 17.2. The molecule has 1 unspecified atom stereocenters. The van der Waals surface area contributed by atoms with Gasteiger partial charge in [0.25, 0.3) is 0 Å². The minimum Gasteiger partial charge on any atom is -0.466 e. The Morgan fingerprint density at radius 1 is 1.33 bits per heavy atom. The van der Waals surface area contributed by atoms with E-state index in [1.807, 2.05) is 36.9 Å². The third-order valence-corrected chi connectivity index (χ3v) is 5.03. The number of carbonyl (C=O) groups excluding carboxylic acids is 2. The monoisotopic (exact) mass is 371 g/mol. The van der Waals surface area contributed by atoms with Crippen molar-refractivity contribution in [3.8, 4) is 6.07 Å². The number of aryl methyl sites for hydroxylation is 2. The number of nitrogens with zero attached hydrogens (tertiary/aromatic N) is 3. The van der Waals surface area contributed by atoms with E-state index < -0.39 is 0 Å². The first kappa shape index (κ1) is 20.9. The molecule has 0 radical (unpaired) electrons. The van der Waals surface area contributed by atoms with E-state index in [9.17, 15) is 9.59 Å². The Balaban J connectivity index is 2.07. The molecule has 27 heavy (non-hydrogen) atoms. The molecule has 1 amide bonds. The summed E-state index contributed by atoms with van der Waals surface area (Å²) in [7, 11) is 0. The van der Waals surface area contributed by atoms with Crippen LogP contribution in [0.25, 0.3) is 0 Å². The SMILES string of the molecule is CCOC(=O)C1CCCN(CC(=O)N(CCC#N)c2ccc(C)c(C)c2)C1. The van der Waals surface area contributed by atoms with Crippen LogP contribution >= 0.6 is 0 Å². The third-order valence-electron chi connectivity index (χ3n) is 5.03.